The van der Waals surface area contributed by atoms with Crippen molar-refractivity contribution in [3.8, 4) is 11.5 Å². The average Bonchev–Trinajstić information content (AvgIpc) is 2.85. The van der Waals surface area contributed by atoms with Crippen molar-refractivity contribution in [1.82, 2.24) is 5.32 Å². The lowest BCUT2D eigenvalue weighted by Gasteiger charge is -2.27. The molecule has 0 aromatic heterocycles. The van der Waals surface area contributed by atoms with Crippen LogP contribution in [0.3, 0.4) is 0 Å². The molecule has 0 radical (unpaired) electrons. The maximum atomic E-state index is 13.3. The van der Waals surface area contributed by atoms with Crippen molar-refractivity contribution in [3.05, 3.63) is 89.8 Å². The first-order chi connectivity index (χ1) is 17.6. The second-order valence-corrected chi connectivity index (χ2v) is 10.5. The van der Waals surface area contributed by atoms with Gasteiger partial charge in [-0.3, -0.25) is 14.9 Å². The van der Waals surface area contributed by atoms with E-state index in [-0.39, 0.29) is 12.2 Å². The van der Waals surface area contributed by atoms with Crippen LogP contribution in [0.4, 0.5) is 10.5 Å². The predicted molar refractivity (Wildman–Crippen MR) is 149 cm³/mol. The number of imide groups is 2. The van der Waals surface area contributed by atoms with Crippen LogP contribution in [0.25, 0.3) is 6.08 Å². The summed E-state index contributed by atoms with van der Waals surface area (Å²) in [5.41, 5.74) is 2.22. The number of nitrogens with one attached hydrogen (secondary N) is 1. The van der Waals surface area contributed by atoms with Crippen molar-refractivity contribution in [2.45, 2.75) is 13.5 Å². The Morgan fingerprint density at radius 3 is 2.38 bits per heavy atom. The molecule has 0 atom stereocenters. The Morgan fingerprint density at radius 2 is 1.70 bits per heavy atom. The number of aryl methyl sites for hydroxylation is 1. The van der Waals surface area contributed by atoms with E-state index >= 15 is 0 Å². The highest BCUT2D eigenvalue weighted by Gasteiger charge is 2.37. The monoisotopic (exact) mass is 666 g/mol. The van der Waals surface area contributed by atoms with Crippen molar-refractivity contribution in [1.29, 1.82) is 0 Å². The van der Waals surface area contributed by atoms with Crippen molar-refractivity contribution in [2.75, 3.05) is 12.0 Å². The van der Waals surface area contributed by atoms with Gasteiger partial charge in [0.25, 0.3) is 11.8 Å². The third kappa shape index (κ3) is 5.85. The van der Waals surface area contributed by atoms with E-state index in [1.165, 1.54) is 13.2 Å². The SMILES string of the molecule is COc1cc(/C=C2\C(=O)NC(=O)N(c3ccc(Br)c(C)c3)C2=O)c(Br)cc1OCc1ccc(Cl)c(Cl)c1. The fourth-order valence-corrected chi connectivity index (χ4v) is 4.54. The quantitative estimate of drug-likeness (QED) is 0.224. The number of halogens is 4. The number of ether oxygens (including phenoxy) is 2. The lowest BCUT2D eigenvalue weighted by Crippen LogP contribution is -2.54. The molecule has 1 aliphatic rings. The van der Waals surface area contributed by atoms with Crippen molar-refractivity contribution in [2.24, 2.45) is 0 Å². The summed E-state index contributed by atoms with van der Waals surface area (Å²) in [6.07, 6.45) is 1.39. The number of nitrogens with zero attached hydrogens (tertiary/aromatic N) is 1. The summed E-state index contributed by atoms with van der Waals surface area (Å²) < 4.78 is 12.7. The molecule has 0 spiro atoms. The number of benzene rings is 3. The molecule has 1 heterocycles. The molecular weight excluding hydrogens is 651 g/mol. The van der Waals surface area contributed by atoms with Gasteiger partial charge in [-0.05, 0) is 72.2 Å². The summed E-state index contributed by atoms with van der Waals surface area (Å²) in [5.74, 6) is -0.758. The van der Waals surface area contributed by atoms with Gasteiger partial charge in [-0.25, -0.2) is 9.69 Å². The second-order valence-electron chi connectivity index (χ2n) is 7.95. The number of methoxy groups -OCH3 is 1. The van der Waals surface area contributed by atoms with E-state index < -0.39 is 17.8 Å². The number of amides is 4. The van der Waals surface area contributed by atoms with Crippen LogP contribution in [0.5, 0.6) is 11.5 Å². The Kier molecular flexibility index (Phi) is 8.28. The summed E-state index contributed by atoms with van der Waals surface area (Å²) in [6, 6.07) is 12.6. The molecule has 3 aromatic rings. The topological polar surface area (TPSA) is 84.9 Å². The Morgan fingerprint density at radius 1 is 0.946 bits per heavy atom. The lowest BCUT2D eigenvalue weighted by molar-refractivity contribution is -0.122. The normalized spacial score (nSPS) is 14.7. The summed E-state index contributed by atoms with van der Waals surface area (Å²) in [6.45, 7) is 2.03. The predicted octanol–water partition coefficient (Wildman–Crippen LogP) is 7.08. The summed E-state index contributed by atoms with van der Waals surface area (Å²) in [5, 5.41) is 3.09. The summed E-state index contributed by atoms with van der Waals surface area (Å²) in [4.78, 5) is 39.3. The highest BCUT2D eigenvalue weighted by Crippen LogP contribution is 2.36. The molecule has 1 aliphatic heterocycles. The maximum absolute atomic E-state index is 13.3. The van der Waals surface area contributed by atoms with Crippen LogP contribution >= 0.6 is 55.1 Å². The second kappa shape index (κ2) is 11.3. The number of hydrogen-bond acceptors (Lipinski definition) is 5. The first-order valence-electron chi connectivity index (χ1n) is 10.7. The van der Waals surface area contributed by atoms with Gasteiger partial charge in [-0.2, -0.15) is 0 Å². The number of urea groups is 1. The van der Waals surface area contributed by atoms with Crippen molar-refractivity contribution < 1.29 is 23.9 Å². The van der Waals surface area contributed by atoms with E-state index in [2.05, 4.69) is 37.2 Å². The molecule has 1 N–H and O–H groups in total. The maximum Gasteiger partial charge on any atom is 0.335 e. The molecule has 1 saturated heterocycles. The van der Waals surface area contributed by atoms with Gasteiger partial charge in [0.05, 0.1) is 22.8 Å². The van der Waals surface area contributed by atoms with Gasteiger partial charge in [0, 0.05) is 8.95 Å². The third-order valence-electron chi connectivity index (χ3n) is 5.46. The largest absolute Gasteiger partial charge is 0.493 e. The molecule has 0 bridgehead atoms. The van der Waals surface area contributed by atoms with Gasteiger partial charge in [0.1, 0.15) is 12.2 Å². The minimum atomic E-state index is -0.823. The zero-order valence-corrected chi connectivity index (χ0v) is 24.1. The summed E-state index contributed by atoms with van der Waals surface area (Å²) >= 11 is 18.9. The third-order valence-corrected chi connectivity index (χ3v) is 7.78. The first kappa shape index (κ1) is 27.2. The van der Waals surface area contributed by atoms with E-state index in [0.717, 1.165) is 20.5 Å². The van der Waals surface area contributed by atoms with E-state index in [0.29, 0.717) is 37.3 Å². The molecule has 4 rings (SSSR count). The van der Waals surface area contributed by atoms with E-state index in [4.69, 9.17) is 32.7 Å². The number of carbonyl (C=O) groups excluding carboxylic acids is 3. The van der Waals surface area contributed by atoms with E-state index in [9.17, 15) is 14.4 Å². The highest BCUT2D eigenvalue weighted by atomic mass is 79.9. The molecular formula is C26H18Br2Cl2N2O5. The Hall–Kier alpha value is -2.85. The lowest BCUT2D eigenvalue weighted by atomic mass is 10.1. The number of hydrogen-bond donors (Lipinski definition) is 1. The fourth-order valence-electron chi connectivity index (χ4n) is 3.54. The van der Waals surface area contributed by atoms with Crippen LogP contribution in [0.15, 0.2) is 63.0 Å². The molecule has 0 saturated carbocycles. The van der Waals surface area contributed by atoms with Gasteiger partial charge >= 0.3 is 6.03 Å². The molecule has 37 heavy (non-hydrogen) atoms. The molecule has 0 unspecified atom stereocenters. The van der Waals surface area contributed by atoms with Crippen LogP contribution < -0.4 is 19.7 Å². The van der Waals surface area contributed by atoms with Crippen LogP contribution in [-0.4, -0.2) is 25.0 Å². The van der Waals surface area contributed by atoms with Gasteiger partial charge in [-0.1, -0.05) is 61.1 Å². The first-order valence-corrected chi connectivity index (χ1v) is 13.0. The number of barbiturate groups is 1. The van der Waals surface area contributed by atoms with Gasteiger partial charge in [0.2, 0.25) is 0 Å². The smallest absolute Gasteiger partial charge is 0.335 e. The molecule has 11 heteroatoms. The van der Waals surface area contributed by atoms with Crippen LogP contribution in [-0.2, 0) is 16.2 Å². The Labute approximate surface area is 239 Å². The van der Waals surface area contributed by atoms with Gasteiger partial charge < -0.3 is 9.47 Å². The van der Waals surface area contributed by atoms with Crippen molar-refractivity contribution >= 4 is 84.7 Å². The molecule has 7 nitrogen and oxygen atoms in total. The molecule has 0 aliphatic carbocycles. The fraction of sp³-hybridized carbons (Fsp3) is 0.115. The van der Waals surface area contributed by atoms with E-state index in [1.54, 1.807) is 48.5 Å². The number of anilines is 1. The highest BCUT2D eigenvalue weighted by molar-refractivity contribution is 9.10. The standard InChI is InChI=1S/C26H18Br2Cl2N2O5/c1-13-7-16(4-5-18(13)27)32-25(34)17(24(33)31-26(32)35)9-15-10-22(36-2)23(11-19(15)28)37-12-14-3-6-20(29)21(30)8-14/h3-11H,12H2,1-2H3,(H,31,33,35)/b17-9+. The molecule has 190 valence electrons. The van der Waals surface area contributed by atoms with E-state index in [1.807, 2.05) is 6.92 Å². The van der Waals surface area contributed by atoms with Gasteiger partial charge in [0.15, 0.2) is 11.5 Å². The molecule has 1 fully saturated rings. The Bertz CT molecular complexity index is 1480. The summed E-state index contributed by atoms with van der Waals surface area (Å²) in [7, 11) is 1.47. The number of carbonyl (C=O) groups is 3. The van der Waals surface area contributed by atoms with Crippen molar-refractivity contribution in [3.63, 3.8) is 0 Å². The van der Waals surface area contributed by atoms with Gasteiger partial charge in [-0.15, -0.1) is 0 Å². The van der Waals surface area contributed by atoms with Crippen LogP contribution in [0.1, 0.15) is 16.7 Å². The van der Waals surface area contributed by atoms with Crippen LogP contribution in [0.2, 0.25) is 10.0 Å². The van der Waals surface area contributed by atoms with Crippen LogP contribution in [0, 0.1) is 6.92 Å². The number of rotatable bonds is 6. The Balaban J connectivity index is 1.64. The molecule has 4 amide bonds. The molecule has 3 aromatic carbocycles. The zero-order valence-electron chi connectivity index (χ0n) is 19.4. The minimum Gasteiger partial charge on any atom is -0.493 e. The average molecular weight is 669 g/mol. The zero-order chi connectivity index (χ0) is 26.9. The minimum absolute atomic E-state index is 0.199.